The molecule has 2 aliphatic carbocycles. The van der Waals surface area contributed by atoms with Gasteiger partial charge in [-0.15, -0.1) is 6.58 Å². The Morgan fingerprint density at radius 2 is 1.80 bits per heavy atom. The van der Waals surface area contributed by atoms with Crippen molar-refractivity contribution in [2.75, 3.05) is 46.2 Å². The molecular formula is C41H62N2O8. The van der Waals surface area contributed by atoms with E-state index in [0.29, 0.717) is 56.9 Å². The van der Waals surface area contributed by atoms with Gasteiger partial charge in [0.2, 0.25) is 5.79 Å². The molecule has 0 spiro atoms. The summed E-state index contributed by atoms with van der Waals surface area (Å²) in [5.41, 5.74) is 2.57. The number of oxime groups is 1. The second-order valence-corrected chi connectivity index (χ2v) is 15.1. The number of allylic oxidation sites excluding steroid dienone is 1. The number of rotatable bonds is 20. The Kier molecular flexibility index (Phi) is 15.0. The molecule has 10 nitrogen and oxygen atoms in total. The zero-order chi connectivity index (χ0) is 37.0. The summed E-state index contributed by atoms with van der Waals surface area (Å²) >= 11 is 0. The molecule has 0 radical (unpaired) electrons. The minimum Gasteiger partial charge on any atom is -0.490 e. The smallest absolute Gasteiger partial charge is 0.410 e. The molecule has 1 aliphatic heterocycles. The Morgan fingerprint density at radius 3 is 2.45 bits per heavy atom. The molecule has 284 valence electrons. The van der Waals surface area contributed by atoms with Gasteiger partial charge in [0.15, 0.2) is 0 Å². The first-order chi connectivity index (χ1) is 24.6. The van der Waals surface area contributed by atoms with Crippen molar-refractivity contribution in [3.05, 3.63) is 60.7 Å². The molecule has 6 atom stereocenters. The van der Waals surface area contributed by atoms with Gasteiger partial charge in [-0.05, 0) is 80.1 Å². The number of carbonyl (C=O) groups excluding carboxylic acids is 1. The molecule has 1 aromatic carbocycles. The SMILES string of the molecule is C=CCOc1ccc2c(c1)[C@H]1[C@H](CCCCO)[C@@H](CCCCO)C=C3C(=NOCC)C[C@H](N(CCC)C(=O)OCC(C)(C)C)[C@@](OCC=C)(O2)[C@H]31. The quantitative estimate of drug-likeness (QED) is 0.0800. The van der Waals surface area contributed by atoms with Crippen LogP contribution in [0.25, 0.3) is 0 Å². The Labute approximate surface area is 305 Å². The summed E-state index contributed by atoms with van der Waals surface area (Å²) < 4.78 is 26.2. The Morgan fingerprint density at radius 1 is 1.08 bits per heavy atom. The number of hydrogen-bond donors (Lipinski definition) is 2. The van der Waals surface area contributed by atoms with E-state index in [1.807, 2.05) is 46.8 Å². The van der Waals surface area contributed by atoms with Gasteiger partial charge < -0.3 is 34.0 Å². The van der Waals surface area contributed by atoms with Gasteiger partial charge in [-0.1, -0.05) is 70.5 Å². The maximum absolute atomic E-state index is 14.2. The van der Waals surface area contributed by atoms with E-state index in [1.165, 1.54) is 0 Å². The summed E-state index contributed by atoms with van der Waals surface area (Å²) in [6.45, 7) is 19.8. The fourth-order valence-corrected chi connectivity index (χ4v) is 8.01. The maximum atomic E-state index is 14.2. The number of aliphatic hydroxyl groups is 2. The lowest BCUT2D eigenvalue weighted by Crippen LogP contribution is -2.70. The van der Waals surface area contributed by atoms with Gasteiger partial charge in [-0.25, -0.2) is 4.79 Å². The topological polar surface area (TPSA) is 119 Å². The van der Waals surface area contributed by atoms with Crippen molar-refractivity contribution in [3.8, 4) is 11.5 Å². The lowest BCUT2D eigenvalue weighted by atomic mass is 9.55. The average molecular weight is 711 g/mol. The van der Waals surface area contributed by atoms with Crippen molar-refractivity contribution in [2.24, 2.45) is 28.3 Å². The molecule has 10 heteroatoms. The molecule has 1 heterocycles. The molecule has 1 amide bonds. The molecule has 0 saturated heterocycles. The van der Waals surface area contributed by atoms with Crippen molar-refractivity contribution in [1.29, 1.82) is 0 Å². The number of carbonyl (C=O) groups is 1. The minimum absolute atomic E-state index is 0.118. The normalized spacial score (nSPS) is 25.9. The van der Waals surface area contributed by atoms with E-state index < -0.39 is 17.9 Å². The van der Waals surface area contributed by atoms with Gasteiger partial charge in [0.1, 0.15) is 30.8 Å². The first kappa shape index (κ1) is 40.4. The van der Waals surface area contributed by atoms with Crippen molar-refractivity contribution in [2.45, 2.75) is 104 Å². The van der Waals surface area contributed by atoms with Crippen LogP contribution in [0, 0.1) is 23.2 Å². The van der Waals surface area contributed by atoms with Crippen LogP contribution in [0.15, 0.2) is 60.3 Å². The number of amides is 1. The highest BCUT2D eigenvalue weighted by molar-refractivity contribution is 6.02. The van der Waals surface area contributed by atoms with E-state index in [-0.39, 0.29) is 55.5 Å². The molecule has 0 bridgehead atoms. The zero-order valence-corrected chi connectivity index (χ0v) is 31.6. The van der Waals surface area contributed by atoms with Crippen LogP contribution in [-0.4, -0.2) is 84.9 Å². The fraction of sp³-hybridized carbons (Fsp3) is 0.659. The number of aliphatic hydroxyl groups excluding tert-OH is 2. The van der Waals surface area contributed by atoms with Crippen LogP contribution < -0.4 is 9.47 Å². The monoisotopic (exact) mass is 710 g/mol. The van der Waals surface area contributed by atoms with Gasteiger partial charge in [0, 0.05) is 37.7 Å². The van der Waals surface area contributed by atoms with Gasteiger partial charge in [0.25, 0.3) is 0 Å². The molecule has 0 unspecified atom stereocenters. The van der Waals surface area contributed by atoms with E-state index in [0.717, 1.165) is 42.5 Å². The van der Waals surface area contributed by atoms with E-state index in [9.17, 15) is 15.0 Å². The van der Waals surface area contributed by atoms with Gasteiger partial charge in [-0.3, -0.25) is 4.90 Å². The largest absolute Gasteiger partial charge is 0.490 e. The third-order valence-corrected chi connectivity index (χ3v) is 10.0. The number of ether oxygens (including phenoxy) is 4. The third kappa shape index (κ3) is 9.56. The summed E-state index contributed by atoms with van der Waals surface area (Å²) in [5.74, 6) is -0.121. The number of benzene rings is 1. The minimum atomic E-state index is -1.31. The van der Waals surface area contributed by atoms with Gasteiger partial charge in [0.05, 0.1) is 24.8 Å². The van der Waals surface area contributed by atoms with Crippen LogP contribution in [0.4, 0.5) is 4.79 Å². The number of nitrogens with zero attached hydrogens (tertiary/aromatic N) is 2. The zero-order valence-electron chi connectivity index (χ0n) is 31.6. The summed E-state index contributed by atoms with van der Waals surface area (Å²) in [6, 6.07) is 5.33. The molecule has 0 aromatic heterocycles. The predicted octanol–water partition coefficient (Wildman–Crippen LogP) is 7.80. The maximum Gasteiger partial charge on any atom is 0.410 e. The van der Waals surface area contributed by atoms with Crippen LogP contribution in [0.3, 0.4) is 0 Å². The van der Waals surface area contributed by atoms with Crippen molar-refractivity contribution in [3.63, 3.8) is 0 Å². The fourth-order valence-electron chi connectivity index (χ4n) is 8.01. The van der Waals surface area contributed by atoms with Gasteiger partial charge in [-0.2, -0.15) is 0 Å². The first-order valence-electron chi connectivity index (χ1n) is 19.0. The second kappa shape index (κ2) is 18.9. The molecule has 1 saturated carbocycles. The second-order valence-electron chi connectivity index (χ2n) is 15.1. The highest BCUT2D eigenvalue weighted by Crippen LogP contribution is 2.62. The van der Waals surface area contributed by atoms with E-state index in [2.05, 4.69) is 25.3 Å². The van der Waals surface area contributed by atoms with Crippen molar-refractivity contribution in [1.82, 2.24) is 4.90 Å². The molecule has 51 heavy (non-hydrogen) atoms. The Hall–Kier alpha value is -3.34. The Balaban J connectivity index is 2.02. The van der Waals surface area contributed by atoms with Crippen molar-refractivity contribution < 1.29 is 38.8 Å². The lowest BCUT2D eigenvalue weighted by molar-refractivity contribution is -0.255. The number of fused-ring (bicyclic) bond motifs is 2. The standard InChI is InChI=1S/C41H62N2O8/c1-8-20-43(39(46)48-28-40(5,6)7)36-27-34(42-50-11-4)32-25-29(16-12-14-21-44)31(17-13-15-22-45)37-33-26-30(47-23-9-2)18-19-35(33)51-41(36,38(32)37)49-24-10-3/h9-10,18-19,25-26,29,31,36-38,44-45H,2-3,8,11-17,20-24,27-28H2,1,4-7H3/t29-,31+,36-,37+,38+,41+/m0/s1. The number of unbranched alkanes of at least 4 members (excludes halogenated alkanes) is 2. The predicted molar refractivity (Wildman–Crippen MR) is 200 cm³/mol. The average Bonchev–Trinajstić information content (AvgIpc) is 3.11. The highest BCUT2D eigenvalue weighted by atomic mass is 16.7. The van der Waals surface area contributed by atoms with Crippen LogP contribution in [0.2, 0.25) is 0 Å². The van der Waals surface area contributed by atoms with E-state index >= 15 is 0 Å². The summed E-state index contributed by atoms with van der Waals surface area (Å²) in [7, 11) is 0. The number of hydrogen-bond acceptors (Lipinski definition) is 9. The summed E-state index contributed by atoms with van der Waals surface area (Å²) in [4.78, 5) is 21.8. The first-order valence-corrected chi connectivity index (χ1v) is 19.0. The third-order valence-electron chi connectivity index (χ3n) is 10.0. The molecule has 1 fully saturated rings. The molecule has 1 aromatic rings. The lowest BCUT2D eigenvalue weighted by Gasteiger charge is -2.60. The van der Waals surface area contributed by atoms with Gasteiger partial charge >= 0.3 is 6.09 Å². The Bertz CT molecular complexity index is 1370. The molecular weight excluding hydrogens is 648 g/mol. The van der Waals surface area contributed by atoms with E-state index in [4.69, 9.17) is 28.9 Å². The van der Waals surface area contributed by atoms with Crippen LogP contribution in [0.5, 0.6) is 11.5 Å². The molecule has 3 aliphatic rings. The van der Waals surface area contributed by atoms with Crippen LogP contribution in [-0.2, 0) is 14.3 Å². The van der Waals surface area contributed by atoms with Crippen LogP contribution >= 0.6 is 0 Å². The summed E-state index contributed by atoms with van der Waals surface area (Å²) in [5, 5.41) is 24.3. The van der Waals surface area contributed by atoms with E-state index in [1.54, 1.807) is 17.1 Å². The highest BCUT2D eigenvalue weighted by Gasteiger charge is 2.65. The molecule has 2 N–H and O–H groups in total. The summed E-state index contributed by atoms with van der Waals surface area (Å²) in [6.07, 6.45) is 11.3. The van der Waals surface area contributed by atoms with Crippen molar-refractivity contribution >= 4 is 11.8 Å². The van der Waals surface area contributed by atoms with Crippen LogP contribution in [0.1, 0.15) is 97.5 Å². The molecule has 4 rings (SSSR count).